The van der Waals surface area contributed by atoms with Crippen molar-refractivity contribution in [2.45, 2.75) is 33.8 Å². The Kier molecular flexibility index (Phi) is 5.21. The molecule has 5 nitrogen and oxygen atoms in total. The Labute approximate surface area is 158 Å². The van der Waals surface area contributed by atoms with Crippen LogP contribution in [0.3, 0.4) is 0 Å². The van der Waals surface area contributed by atoms with E-state index in [2.05, 4.69) is 5.16 Å². The topological polar surface area (TPSA) is 69.4 Å². The molecule has 1 heterocycles. The van der Waals surface area contributed by atoms with Crippen LogP contribution in [-0.2, 0) is 4.74 Å². The quantitative estimate of drug-likeness (QED) is 0.486. The molecule has 0 bridgehead atoms. The van der Waals surface area contributed by atoms with E-state index in [1.165, 1.54) is 0 Å². The molecule has 0 aliphatic carbocycles. The van der Waals surface area contributed by atoms with Crippen molar-refractivity contribution in [2.24, 2.45) is 0 Å². The lowest BCUT2D eigenvalue weighted by Gasteiger charge is -2.18. The lowest BCUT2D eigenvalue weighted by molar-refractivity contribution is 0.0277. The van der Waals surface area contributed by atoms with Gasteiger partial charge in [0.2, 0.25) is 5.78 Å². The molecule has 1 aromatic heterocycles. The number of hydrogen-bond donors (Lipinski definition) is 0. The summed E-state index contributed by atoms with van der Waals surface area (Å²) in [7, 11) is 0. The van der Waals surface area contributed by atoms with Gasteiger partial charge in [0.05, 0.1) is 5.69 Å². The van der Waals surface area contributed by atoms with Gasteiger partial charge in [-0.15, -0.1) is 0 Å². The van der Waals surface area contributed by atoms with Crippen LogP contribution in [0.2, 0.25) is 0 Å². The molecule has 0 saturated carbocycles. The molecule has 5 heteroatoms. The molecular formula is C22H21NO4. The second-order valence-electron chi connectivity index (χ2n) is 6.63. The summed E-state index contributed by atoms with van der Waals surface area (Å²) in [6.45, 7) is 7.20. The summed E-state index contributed by atoms with van der Waals surface area (Å²) in [4.78, 5) is 25.8. The number of rotatable bonds is 5. The maximum atomic E-state index is 13.1. The van der Waals surface area contributed by atoms with Crippen LogP contribution in [0.25, 0.3) is 0 Å². The van der Waals surface area contributed by atoms with Crippen molar-refractivity contribution in [1.29, 1.82) is 0 Å². The number of nitrogens with zero attached hydrogens (tertiary/aromatic N) is 1. The fourth-order valence-corrected chi connectivity index (χ4v) is 2.82. The van der Waals surface area contributed by atoms with Gasteiger partial charge in [-0.1, -0.05) is 64.8 Å². The van der Waals surface area contributed by atoms with E-state index < -0.39 is 12.1 Å². The average Bonchev–Trinajstić information content (AvgIpc) is 2.99. The number of carbonyl (C=O) groups is 2. The zero-order chi connectivity index (χ0) is 19.6. The zero-order valence-corrected chi connectivity index (χ0v) is 15.8. The molecule has 3 aromatic rings. The number of esters is 1. The van der Waals surface area contributed by atoms with Gasteiger partial charge < -0.3 is 9.26 Å². The Morgan fingerprint density at radius 2 is 1.44 bits per heavy atom. The van der Waals surface area contributed by atoms with Gasteiger partial charge in [-0.05, 0) is 27.7 Å². The van der Waals surface area contributed by atoms with E-state index in [4.69, 9.17) is 9.26 Å². The van der Waals surface area contributed by atoms with E-state index in [9.17, 15) is 9.59 Å². The Morgan fingerprint density at radius 3 is 1.96 bits per heavy atom. The highest BCUT2D eigenvalue weighted by molar-refractivity contribution is 6.02. The third kappa shape index (κ3) is 3.97. The molecule has 0 saturated heterocycles. The van der Waals surface area contributed by atoms with E-state index in [0.717, 1.165) is 11.1 Å². The molecule has 0 aliphatic rings. The summed E-state index contributed by atoms with van der Waals surface area (Å²) < 4.78 is 10.7. The Morgan fingerprint density at radius 1 is 0.889 bits per heavy atom. The highest BCUT2D eigenvalue weighted by atomic mass is 16.5. The summed E-state index contributed by atoms with van der Waals surface area (Å²) in [6.07, 6.45) is -1.05. The largest absolute Gasteiger partial charge is 0.445 e. The standard InChI is InChI=1S/C22H21NO4/c1-13-5-9-17(10-6-13)20(24)21(18-11-7-14(2)8-12-18)26-22(25)19-15(3)23-27-16(19)4/h5-12,21H,1-4H3/t21-/m0/s1. The first kappa shape index (κ1) is 18.6. The minimum absolute atomic E-state index is 0.254. The minimum Gasteiger partial charge on any atom is -0.445 e. The minimum atomic E-state index is -1.05. The SMILES string of the molecule is Cc1ccc(C(=O)[C@@H](OC(=O)c2c(C)noc2C)c2ccc(C)cc2)cc1. The van der Waals surface area contributed by atoms with Crippen LogP contribution < -0.4 is 0 Å². The van der Waals surface area contributed by atoms with Gasteiger partial charge in [-0.2, -0.15) is 0 Å². The molecule has 138 valence electrons. The van der Waals surface area contributed by atoms with Crippen LogP contribution in [0.4, 0.5) is 0 Å². The van der Waals surface area contributed by atoms with E-state index >= 15 is 0 Å². The molecular weight excluding hydrogens is 342 g/mol. The van der Waals surface area contributed by atoms with Crippen LogP contribution in [0.15, 0.2) is 53.1 Å². The fourth-order valence-electron chi connectivity index (χ4n) is 2.82. The molecule has 0 fully saturated rings. The maximum Gasteiger partial charge on any atom is 0.344 e. The number of benzene rings is 2. The Hall–Kier alpha value is -3.21. The second kappa shape index (κ2) is 7.58. The summed E-state index contributed by atoms with van der Waals surface area (Å²) in [6, 6.07) is 14.6. The van der Waals surface area contributed by atoms with Crippen molar-refractivity contribution in [3.8, 4) is 0 Å². The number of Topliss-reactive ketones (excluding diaryl/α,β-unsaturated/α-hetero) is 1. The summed E-state index contributed by atoms with van der Waals surface area (Å²) >= 11 is 0. The number of ketones is 1. The molecule has 0 aliphatic heterocycles. The van der Waals surface area contributed by atoms with Gasteiger partial charge in [0, 0.05) is 11.1 Å². The third-order valence-corrected chi connectivity index (χ3v) is 4.42. The zero-order valence-electron chi connectivity index (χ0n) is 15.8. The van der Waals surface area contributed by atoms with Gasteiger partial charge in [-0.3, -0.25) is 4.79 Å². The van der Waals surface area contributed by atoms with Crippen molar-refractivity contribution in [3.63, 3.8) is 0 Å². The summed E-state index contributed by atoms with van der Waals surface area (Å²) in [5, 5.41) is 3.78. The van der Waals surface area contributed by atoms with E-state index in [-0.39, 0.29) is 11.3 Å². The first-order valence-electron chi connectivity index (χ1n) is 8.68. The maximum absolute atomic E-state index is 13.1. The molecule has 0 unspecified atom stereocenters. The number of ether oxygens (including phenoxy) is 1. The summed E-state index contributed by atoms with van der Waals surface area (Å²) in [5.74, 6) is -0.542. The predicted molar refractivity (Wildman–Crippen MR) is 101 cm³/mol. The summed E-state index contributed by atoms with van der Waals surface area (Å²) in [5.41, 5.74) is 3.89. The van der Waals surface area contributed by atoms with E-state index in [0.29, 0.717) is 22.6 Å². The predicted octanol–water partition coefficient (Wildman–Crippen LogP) is 4.69. The molecule has 2 aromatic carbocycles. The normalized spacial score (nSPS) is 11.9. The Bertz CT molecular complexity index is 949. The van der Waals surface area contributed by atoms with Gasteiger partial charge in [0.15, 0.2) is 6.10 Å². The first-order valence-corrected chi connectivity index (χ1v) is 8.68. The van der Waals surface area contributed by atoms with Crippen LogP contribution in [-0.4, -0.2) is 16.9 Å². The van der Waals surface area contributed by atoms with Gasteiger partial charge in [-0.25, -0.2) is 4.79 Å². The smallest absolute Gasteiger partial charge is 0.344 e. The third-order valence-electron chi connectivity index (χ3n) is 4.42. The fraction of sp³-hybridized carbons (Fsp3) is 0.227. The number of hydrogen-bond acceptors (Lipinski definition) is 5. The molecule has 0 spiro atoms. The average molecular weight is 363 g/mol. The molecule has 0 N–H and O–H groups in total. The first-order chi connectivity index (χ1) is 12.9. The lowest BCUT2D eigenvalue weighted by Crippen LogP contribution is -2.21. The van der Waals surface area contributed by atoms with Crippen molar-refractivity contribution in [3.05, 3.63) is 87.8 Å². The molecule has 0 radical (unpaired) electrons. The monoisotopic (exact) mass is 363 g/mol. The van der Waals surface area contributed by atoms with Gasteiger partial charge >= 0.3 is 5.97 Å². The van der Waals surface area contributed by atoms with Gasteiger partial charge in [0.1, 0.15) is 11.3 Å². The van der Waals surface area contributed by atoms with Gasteiger partial charge in [0.25, 0.3) is 0 Å². The van der Waals surface area contributed by atoms with Crippen LogP contribution in [0.5, 0.6) is 0 Å². The molecule has 27 heavy (non-hydrogen) atoms. The number of aryl methyl sites for hydroxylation is 4. The van der Waals surface area contributed by atoms with E-state index in [1.807, 2.05) is 38.1 Å². The van der Waals surface area contributed by atoms with Crippen LogP contribution in [0, 0.1) is 27.7 Å². The molecule has 3 rings (SSSR count). The van der Waals surface area contributed by atoms with Crippen molar-refractivity contribution in [2.75, 3.05) is 0 Å². The number of carbonyl (C=O) groups excluding carboxylic acids is 2. The highest BCUT2D eigenvalue weighted by Crippen LogP contribution is 2.26. The molecule has 0 amide bonds. The van der Waals surface area contributed by atoms with Crippen LogP contribution in [0.1, 0.15) is 55.0 Å². The second-order valence-corrected chi connectivity index (χ2v) is 6.63. The number of aromatic nitrogens is 1. The van der Waals surface area contributed by atoms with E-state index in [1.54, 1.807) is 38.1 Å². The molecule has 1 atom stereocenters. The lowest BCUT2D eigenvalue weighted by atomic mass is 9.98. The Balaban J connectivity index is 1.97. The van der Waals surface area contributed by atoms with Crippen molar-refractivity contribution in [1.82, 2.24) is 5.16 Å². The van der Waals surface area contributed by atoms with Crippen molar-refractivity contribution < 1.29 is 18.8 Å². The van der Waals surface area contributed by atoms with Crippen LogP contribution >= 0.6 is 0 Å². The van der Waals surface area contributed by atoms with Crippen molar-refractivity contribution >= 4 is 11.8 Å². The highest BCUT2D eigenvalue weighted by Gasteiger charge is 2.29.